The molecular weight excluding hydrogens is 601 g/mol. The molecule has 2 N–H and O–H groups in total. The summed E-state index contributed by atoms with van der Waals surface area (Å²) in [5.74, 6) is -0.846. The zero-order valence-electron chi connectivity index (χ0n) is 14.6. The number of rotatable bonds is 4. The first-order chi connectivity index (χ1) is 14.0. The number of anilines is 1. The average Bonchev–Trinajstić information content (AvgIpc) is 2.66. The van der Waals surface area contributed by atoms with Gasteiger partial charge in [-0.25, -0.2) is 4.98 Å². The largest absolute Gasteiger partial charge is 0.506 e. The number of nitrogens with one attached hydrogen (secondary N) is 1. The van der Waals surface area contributed by atoms with Crippen molar-refractivity contribution < 1.29 is 27.8 Å². The zero-order valence-corrected chi connectivity index (χ0v) is 19.4. The first-order valence-electron chi connectivity index (χ1n) is 8.04. The predicted octanol–water partition coefficient (Wildman–Crippen LogP) is 7.14. The summed E-state index contributed by atoms with van der Waals surface area (Å²) in [6.45, 7) is 0. The number of hydrogen-bond acceptors (Lipinski definition) is 4. The van der Waals surface area contributed by atoms with Gasteiger partial charge in [-0.05, 0) is 68.3 Å². The smallest absolute Gasteiger partial charge is 0.416 e. The minimum absolute atomic E-state index is 0.0142. The van der Waals surface area contributed by atoms with E-state index < -0.39 is 17.6 Å². The molecule has 1 heterocycles. The molecular formula is C19H10Br3F3N2O3. The van der Waals surface area contributed by atoms with Crippen LogP contribution in [0.5, 0.6) is 17.4 Å². The molecule has 0 spiro atoms. The highest BCUT2D eigenvalue weighted by molar-refractivity contribution is 9.11. The number of hydrogen-bond donors (Lipinski definition) is 2. The van der Waals surface area contributed by atoms with E-state index in [1.165, 1.54) is 30.5 Å². The lowest BCUT2D eigenvalue weighted by atomic mass is 10.2. The summed E-state index contributed by atoms with van der Waals surface area (Å²) in [6.07, 6.45) is -3.22. The molecule has 1 amide bonds. The first-order valence-corrected chi connectivity index (χ1v) is 10.4. The van der Waals surface area contributed by atoms with Gasteiger partial charge in [-0.1, -0.05) is 22.0 Å². The van der Waals surface area contributed by atoms with Gasteiger partial charge in [0.2, 0.25) is 5.88 Å². The second-order valence-corrected chi connectivity index (χ2v) is 8.50. The van der Waals surface area contributed by atoms with Crippen LogP contribution in [0.3, 0.4) is 0 Å². The molecule has 0 atom stereocenters. The molecule has 11 heteroatoms. The fourth-order valence-electron chi connectivity index (χ4n) is 2.35. The number of halogens is 6. The molecule has 3 rings (SSSR count). The lowest BCUT2D eigenvalue weighted by Gasteiger charge is -2.12. The van der Waals surface area contributed by atoms with Gasteiger partial charge in [0.15, 0.2) is 0 Å². The van der Waals surface area contributed by atoms with Gasteiger partial charge in [0.25, 0.3) is 5.91 Å². The van der Waals surface area contributed by atoms with Gasteiger partial charge in [-0.3, -0.25) is 4.79 Å². The van der Waals surface area contributed by atoms with Crippen molar-refractivity contribution >= 4 is 59.4 Å². The third-order valence-electron chi connectivity index (χ3n) is 3.71. The second kappa shape index (κ2) is 8.94. The van der Waals surface area contributed by atoms with Gasteiger partial charge in [0.05, 0.1) is 32.0 Å². The van der Waals surface area contributed by atoms with Crippen molar-refractivity contribution in [2.24, 2.45) is 0 Å². The topological polar surface area (TPSA) is 71.5 Å². The maximum absolute atomic E-state index is 12.8. The Hall–Kier alpha value is -2.11. The molecule has 3 aromatic rings. The van der Waals surface area contributed by atoms with Crippen LogP contribution in [0.2, 0.25) is 0 Å². The molecule has 0 aliphatic heterocycles. The highest BCUT2D eigenvalue weighted by Gasteiger charge is 2.30. The standard InChI is InChI=1S/C19H10Br3F3N2O3/c20-10-5-13(16(28)14(21)6-10)17(29)27-11-7-15(22)18(26-8-11)30-12-3-1-2-9(4-12)19(23,24)25/h1-8,28H,(H,27,29). The van der Waals surface area contributed by atoms with Crippen molar-refractivity contribution in [3.63, 3.8) is 0 Å². The molecule has 0 aliphatic carbocycles. The van der Waals surface area contributed by atoms with Crippen LogP contribution >= 0.6 is 47.8 Å². The molecule has 2 aromatic carbocycles. The van der Waals surface area contributed by atoms with E-state index >= 15 is 0 Å². The fraction of sp³-hybridized carbons (Fsp3) is 0.0526. The van der Waals surface area contributed by atoms with E-state index in [9.17, 15) is 23.1 Å². The number of benzene rings is 2. The summed E-state index contributed by atoms with van der Waals surface area (Å²) >= 11 is 9.62. The molecule has 5 nitrogen and oxygen atoms in total. The second-order valence-electron chi connectivity index (χ2n) is 5.88. The molecule has 0 bridgehead atoms. The number of carbonyl (C=O) groups excluding carboxylic acids is 1. The van der Waals surface area contributed by atoms with E-state index in [1.54, 1.807) is 6.07 Å². The van der Waals surface area contributed by atoms with Crippen LogP contribution in [0.15, 0.2) is 62.1 Å². The van der Waals surface area contributed by atoms with Crippen LogP contribution in [0.4, 0.5) is 18.9 Å². The third-order valence-corrected chi connectivity index (χ3v) is 5.34. The van der Waals surface area contributed by atoms with Crippen molar-refractivity contribution in [3.8, 4) is 17.4 Å². The minimum atomic E-state index is -4.49. The lowest BCUT2D eigenvalue weighted by molar-refractivity contribution is -0.137. The molecule has 0 saturated carbocycles. The molecule has 0 fully saturated rings. The van der Waals surface area contributed by atoms with Crippen LogP contribution in [0.25, 0.3) is 0 Å². The van der Waals surface area contributed by atoms with E-state index in [4.69, 9.17) is 4.74 Å². The van der Waals surface area contributed by atoms with Gasteiger partial charge in [0.1, 0.15) is 11.5 Å². The Balaban J connectivity index is 1.79. The molecule has 156 valence electrons. The molecule has 0 saturated heterocycles. The molecule has 0 radical (unpaired) electrons. The van der Waals surface area contributed by atoms with Crippen molar-refractivity contribution in [2.45, 2.75) is 6.18 Å². The van der Waals surface area contributed by atoms with E-state index in [2.05, 4.69) is 58.1 Å². The number of aromatic nitrogens is 1. The number of carbonyl (C=O) groups is 1. The highest BCUT2D eigenvalue weighted by atomic mass is 79.9. The third kappa shape index (κ3) is 5.32. The zero-order chi connectivity index (χ0) is 22.1. The first kappa shape index (κ1) is 22.6. The number of amides is 1. The maximum atomic E-state index is 12.8. The maximum Gasteiger partial charge on any atom is 0.416 e. The summed E-state index contributed by atoms with van der Waals surface area (Å²) < 4.78 is 45.1. The molecule has 1 aromatic heterocycles. The number of aromatic hydroxyl groups is 1. The molecule has 0 aliphatic rings. The van der Waals surface area contributed by atoms with Gasteiger partial charge in [-0.2, -0.15) is 13.2 Å². The van der Waals surface area contributed by atoms with Crippen LogP contribution in [-0.4, -0.2) is 16.0 Å². The Kier molecular flexibility index (Phi) is 6.73. The van der Waals surface area contributed by atoms with Crippen molar-refractivity contribution in [3.05, 3.63) is 73.2 Å². The van der Waals surface area contributed by atoms with E-state index in [0.29, 0.717) is 13.4 Å². The summed E-state index contributed by atoms with van der Waals surface area (Å²) in [7, 11) is 0. The Morgan fingerprint density at radius 1 is 1.07 bits per heavy atom. The Bertz CT molecular complexity index is 1120. The van der Waals surface area contributed by atoms with E-state index in [1.807, 2.05) is 0 Å². The monoisotopic (exact) mass is 608 g/mol. The Morgan fingerprint density at radius 2 is 1.80 bits per heavy atom. The summed E-state index contributed by atoms with van der Waals surface area (Å²) in [5.41, 5.74) is -0.546. The van der Waals surface area contributed by atoms with E-state index in [-0.39, 0.29) is 28.6 Å². The van der Waals surface area contributed by atoms with Gasteiger partial charge < -0.3 is 15.2 Å². The highest BCUT2D eigenvalue weighted by Crippen LogP contribution is 2.35. The van der Waals surface area contributed by atoms with Gasteiger partial charge in [0, 0.05) is 4.47 Å². The van der Waals surface area contributed by atoms with Crippen molar-refractivity contribution in [1.82, 2.24) is 4.98 Å². The van der Waals surface area contributed by atoms with Crippen LogP contribution < -0.4 is 10.1 Å². The number of ether oxygens (including phenoxy) is 1. The quantitative estimate of drug-likeness (QED) is 0.330. The van der Waals surface area contributed by atoms with Crippen LogP contribution in [-0.2, 0) is 6.18 Å². The summed E-state index contributed by atoms with van der Waals surface area (Å²) in [5, 5.41) is 12.6. The normalized spacial score (nSPS) is 11.3. The number of alkyl halides is 3. The van der Waals surface area contributed by atoms with Crippen molar-refractivity contribution in [1.29, 1.82) is 0 Å². The van der Waals surface area contributed by atoms with Crippen LogP contribution in [0.1, 0.15) is 15.9 Å². The SMILES string of the molecule is O=C(Nc1cnc(Oc2cccc(C(F)(F)F)c2)c(Br)c1)c1cc(Br)cc(Br)c1O. The lowest BCUT2D eigenvalue weighted by Crippen LogP contribution is -2.12. The molecule has 30 heavy (non-hydrogen) atoms. The Labute approximate surface area is 193 Å². The van der Waals surface area contributed by atoms with E-state index in [0.717, 1.165) is 12.1 Å². The Morgan fingerprint density at radius 3 is 2.47 bits per heavy atom. The number of phenolic OH excluding ortho intramolecular Hbond substituents is 1. The minimum Gasteiger partial charge on any atom is -0.506 e. The van der Waals surface area contributed by atoms with Gasteiger partial charge in [-0.15, -0.1) is 0 Å². The number of phenols is 1. The average molecular weight is 611 g/mol. The summed E-state index contributed by atoms with van der Waals surface area (Å²) in [6, 6.07) is 8.89. The van der Waals surface area contributed by atoms with Gasteiger partial charge >= 0.3 is 6.18 Å². The predicted molar refractivity (Wildman–Crippen MR) is 115 cm³/mol. The number of pyridine rings is 1. The number of nitrogens with zero attached hydrogens (tertiary/aromatic N) is 1. The summed E-state index contributed by atoms with van der Waals surface area (Å²) in [4.78, 5) is 16.5. The fourth-order valence-corrected chi connectivity index (χ4v) is 4.01. The van der Waals surface area contributed by atoms with Crippen LogP contribution in [0, 0.1) is 0 Å². The molecule has 0 unspecified atom stereocenters. The van der Waals surface area contributed by atoms with Crippen molar-refractivity contribution in [2.75, 3.05) is 5.32 Å².